The normalized spacial score (nSPS) is 15.0. The molecule has 0 spiro atoms. The molecule has 5 nitrogen and oxygen atoms in total. The lowest BCUT2D eigenvalue weighted by molar-refractivity contribution is -0.119. The van der Waals surface area contributed by atoms with E-state index in [1.54, 1.807) is 20.8 Å². The van der Waals surface area contributed by atoms with Crippen molar-refractivity contribution in [3.63, 3.8) is 0 Å². The van der Waals surface area contributed by atoms with Gasteiger partial charge in [-0.25, -0.2) is 8.42 Å². The molecule has 0 bridgehead atoms. The Labute approximate surface area is 163 Å². The summed E-state index contributed by atoms with van der Waals surface area (Å²) in [5.74, 6) is 2.04. The van der Waals surface area contributed by atoms with Crippen LogP contribution in [0.3, 0.4) is 0 Å². The highest BCUT2D eigenvalue weighted by Crippen LogP contribution is 2.40. The molecule has 0 saturated carbocycles. The number of carbonyl (C=O) groups is 1. The lowest BCUT2D eigenvalue weighted by Crippen LogP contribution is -2.30. The summed E-state index contributed by atoms with van der Waals surface area (Å²) < 4.78 is 34.6. The lowest BCUT2D eigenvalue weighted by Gasteiger charge is -2.19. The molecule has 0 radical (unpaired) electrons. The van der Waals surface area contributed by atoms with Gasteiger partial charge in [0.2, 0.25) is 6.79 Å². The maximum Gasteiger partial charge on any atom is 0.231 e. The third-order valence-electron chi connectivity index (χ3n) is 5.19. The van der Waals surface area contributed by atoms with E-state index in [0.717, 1.165) is 34.6 Å². The molecule has 0 N–H and O–H groups in total. The Balaban J connectivity index is 1.88. The van der Waals surface area contributed by atoms with Gasteiger partial charge in [0, 0.05) is 12.8 Å². The van der Waals surface area contributed by atoms with Gasteiger partial charge in [0.05, 0.1) is 10.5 Å². The fourth-order valence-corrected chi connectivity index (χ4v) is 4.48. The number of ether oxygens (including phenoxy) is 2. The van der Waals surface area contributed by atoms with Gasteiger partial charge in [-0.1, -0.05) is 13.0 Å². The molecule has 1 unspecified atom stereocenters. The number of Topliss-reactive ketones (excluding diaryl/α,β-unsaturated/α-hetero) is 1. The highest BCUT2D eigenvalue weighted by atomic mass is 32.2. The molecule has 6 heteroatoms. The number of fused-ring (bicyclic) bond motifs is 1. The van der Waals surface area contributed by atoms with Crippen LogP contribution in [-0.4, -0.2) is 31.5 Å². The summed E-state index contributed by atoms with van der Waals surface area (Å²) >= 11 is 0. The van der Waals surface area contributed by atoms with Crippen molar-refractivity contribution in [1.82, 2.24) is 0 Å². The third-order valence-corrected chi connectivity index (χ3v) is 7.88. The van der Waals surface area contributed by atoms with Crippen molar-refractivity contribution in [2.45, 2.75) is 72.0 Å². The smallest absolute Gasteiger partial charge is 0.231 e. The molecule has 27 heavy (non-hydrogen) atoms. The highest BCUT2D eigenvalue weighted by molar-refractivity contribution is 7.92. The summed E-state index contributed by atoms with van der Waals surface area (Å²) in [5.41, 5.74) is 2.92. The summed E-state index contributed by atoms with van der Waals surface area (Å²) in [6.45, 7) is 11.3. The largest absolute Gasteiger partial charge is 0.453 e. The van der Waals surface area contributed by atoms with Gasteiger partial charge >= 0.3 is 0 Å². The molecule has 0 fully saturated rings. The SMILES string of the molecule is Cc1cc(CC(=O)CC(C)CCCS(=O)(=O)C(C)(C)C)c(C)c2c1OCO2. The standard InChI is InChI=1S/C21H32O5S/c1-14(8-7-9-27(23,24)21(4,5)6)10-18(22)12-17-11-15(2)19-20(16(17)3)26-13-25-19/h11,14H,7-10,12-13H2,1-6H3. The summed E-state index contributed by atoms with van der Waals surface area (Å²) in [7, 11) is -3.10. The molecule has 1 atom stereocenters. The van der Waals surface area contributed by atoms with Gasteiger partial charge in [-0.15, -0.1) is 0 Å². The van der Waals surface area contributed by atoms with Crippen LogP contribution in [0.15, 0.2) is 6.07 Å². The summed E-state index contributed by atoms with van der Waals surface area (Å²) in [5, 5.41) is 0. The monoisotopic (exact) mass is 396 g/mol. The first-order chi connectivity index (χ1) is 12.4. The molecule has 0 amide bonds. The van der Waals surface area contributed by atoms with Crippen molar-refractivity contribution >= 4 is 15.6 Å². The summed E-state index contributed by atoms with van der Waals surface area (Å²) in [6, 6.07) is 2.00. The molecule has 1 heterocycles. The van der Waals surface area contributed by atoms with Crippen LogP contribution < -0.4 is 9.47 Å². The number of sulfone groups is 1. The van der Waals surface area contributed by atoms with Crippen LogP contribution in [0.2, 0.25) is 0 Å². The van der Waals surface area contributed by atoms with E-state index in [9.17, 15) is 13.2 Å². The van der Waals surface area contributed by atoms with E-state index in [0.29, 0.717) is 19.3 Å². The minimum Gasteiger partial charge on any atom is -0.453 e. The topological polar surface area (TPSA) is 69.7 Å². The van der Waals surface area contributed by atoms with Gasteiger partial charge in [0.25, 0.3) is 0 Å². The molecule has 0 saturated heterocycles. The Morgan fingerprint density at radius 3 is 2.44 bits per heavy atom. The molecular weight excluding hydrogens is 364 g/mol. The van der Waals surface area contributed by atoms with Crippen LogP contribution in [-0.2, 0) is 21.1 Å². The van der Waals surface area contributed by atoms with Gasteiger partial charge in [-0.3, -0.25) is 4.79 Å². The van der Waals surface area contributed by atoms with Gasteiger partial charge < -0.3 is 9.47 Å². The van der Waals surface area contributed by atoms with Crippen molar-refractivity contribution in [2.75, 3.05) is 12.5 Å². The fraction of sp³-hybridized carbons (Fsp3) is 0.667. The van der Waals surface area contributed by atoms with Crippen molar-refractivity contribution in [1.29, 1.82) is 0 Å². The zero-order valence-corrected chi connectivity index (χ0v) is 18.2. The number of ketones is 1. The fourth-order valence-electron chi connectivity index (χ4n) is 3.32. The van der Waals surface area contributed by atoms with Gasteiger partial charge in [-0.2, -0.15) is 0 Å². The lowest BCUT2D eigenvalue weighted by atomic mass is 9.93. The van der Waals surface area contributed by atoms with E-state index in [1.807, 2.05) is 26.8 Å². The highest BCUT2D eigenvalue weighted by Gasteiger charge is 2.28. The second-order valence-electron chi connectivity index (χ2n) is 8.64. The molecular formula is C21H32O5S. The van der Waals surface area contributed by atoms with Crippen LogP contribution in [0, 0.1) is 19.8 Å². The Morgan fingerprint density at radius 1 is 1.19 bits per heavy atom. The Kier molecular flexibility index (Phi) is 6.61. The summed E-state index contributed by atoms with van der Waals surface area (Å²) in [6.07, 6.45) is 2.16. The summed E-state index contributed by atoms with van der Waals surface area (Å²) in [4.78, 5) is 12.5. The third kappa shape index (κ3) is 5.24. The average Bonchev–Trinajstić information content (AvgIpc) is 3.01. The predicted octanol–water partition coefficient (Wildman–Crippen LogP) is 4.16. The molecule has 152 valence electrons. The van der Waals surface area contributed by atoms with E-state index in [2.05, 4.69) is 0 Å². The van der Waals surface area contributed by atoms with E-state index in [-0.39, 0.29) is 24.2 Å². The van der Waals surface area contributed by atoms with Crippen molar-refractivity contribution in [3.05, 3.63) is 22.8 Å². The maximum atomic E-state index is 12.5. The van der Waals surface area contributed by atoms with Crippen molar-refractivity contribution in [3.8, 4) is 11.5 Å². The maximum absolute atomic E-state index is 12.5. The van der Waals surface area contributed by atoms with E-state index < -0.39 is 14.6 Å². The zero-order valence-electron chi connectivity index (χ0n) is 17.3. The Morgan fingerprint density at radius 2 is 1.81 bits per heavy atom. The van der Waals surface area contributed by atoms with Crippen LogP contribution in [0.5, 0.6) is 11.5 Å². The minimum atomic E-state index is -3.10. The number of hydrogen-bond donors (Lipinski definition) is 0. The van der Waals surface area contributed by atoms with Crippen molar-refractivity contribution in [2.24, 2.45) is 5.92 Å². The van der Waals surface area contributed by atoms with Gasteiger partial charge in [0.1, 0.15) is 5.78 Å². The number of carbonyl (C=O) groups excluding carboxylic acids is 1. The second-order valence-corrected chi connectivity index (χ2v) is 11.5. The Bertz CT molecular complexity index is 803. The predicted molar refractivity (Wildman–Crippen MR) is 107 cm³/mol. The quantitative estimate of drug-likeness (QED) is 0.660. The van der Waals surface area contributed by atoms with E-state index in [1.165, 1.54) is 0 Å². The molecule has 1 aromatic carbocycles. The van der Waals surface area contributed by atoms with Gasteiger partial charge in [0.15, 0.2) is 21.3 Å². The Hall–Kier alpha value is -1.56. The molecule has 1 aliphatic rings. The van der Waals surface area contributed by atoms with Crippen LogP contribution in [0.4, 0.5) is 0 Å². The molecule has 0 aliphatic carbocycles. The first-order valence-corrected chi connectivity index (χ1v) is 11.2. The average molecular weight is 397 g/mol. The van der Waals surface area contributed by atoms with Crippen LogP contribution in [0.1, 0.15) is 63.6 Å². The van der Waals surface area contributed by atoms with Gasteiger partial charge in [-0.05, 0) is 70.1 Å². The minimum absolute atomic E-state index is 0.169. The molecule has 2 rings (SSSR count). The van der Waals surface area contributed by atoms with E-state index >= 15 is 0 Å². The second kappa shape index (κ2) is 8.21. The number of rotatable bonds is 8. The van der Waals surface area contributed by atoms with Crippen molar-refractivity contribution < 1.29 is 22.7 Å². The first kappa shape index (κ1) is 21.7. The number of hydrogen-bond acceptors (Lipinski definition) is 5. The number of benzene rings is 1. The number of aryl methyl sites for hydroxylation is 1. The molecule has 1 aliphatic heterocycles. The molecule has 1 aromatic rings. The van der Waals surface area contributed by atoms with Crippen LogP contribution >= 0.6 is 0 Å². The zero-order chi connectivity index (χ0) is 20.4. The van der Waals surface area contributed by atoms with E-state index in [4.69, 9.17) is 9.47 Å². The molecule has 0 aromatic heterocycles. The first-order valence-electron chi connectivity index (χ1n) is 9.55. The van der Waals surface area contributed by atoms with Crippen LogP contribution in [0.25, 0.3) is 0 Å².